The van der Waals surface area contributed by atoms with Gasteiger partial charge >= 0.3 is 0 Å². The van der Waals surface area contributed by atoms with Crippen molar-refractivity contribution in [2.45, 2.75) is 6.42 Å². The van der Waals surface area contributed by atoms with E-state index in [-0.39, 0.29) is 17.0 Å². The number of hydrogen-bond acceptors (Lipinski definition) is 5. The van der Waals surface area contributed by atoms with E-state index in [0.29, 0.717) is 41.6 Å². The first-order chi connectivity index (χ1) is 13.5. The molecular formula is C20H17BrClN5O. The highest BCUT2D eigenvalue weighted by molar-refractivity contribution is 9.10. The summed E-state index contributed by atoms with van der Waals surface area (Å²) in [6.45, 7) is 1.06. The number of benzene rings is 2. The predicted octanol–water partition coefficient (Wildman–Crippen LogP) is 4.15. The van der Waals surface area contributed by atoms with Crippen LogP contribution in [0.15, 0.2) is 53.0 Å². The third kappa shape index (κ3) is 4.25. The molecule has 8 heteroatoms. The molecule has 0 aliphatic carbocycles. The van der Waals surface area contributed by atoms with Crippen molar-refractivity contribution >= 4 is 39.1 Å². The van der Waals surface area contributed by atoms with Gasteiger partial charge in [-0.15, -0.1) is 0 Å². The monoisotopic (exact) mass is 457 g/mol. The van der Waals surface area contributed by atoms with Crippen LogP contribution < -0.4 is 11.1 Å². The molecule has 0 aliphatic rings. The average Bonchev–Trinajstić information content (AvgIpc) is 3.07. The van der Waals surface area contributed by atoms with E-state index in [0.717, 1.165) is 4.47 Å². The highest BCUT2D eigenvalue weighted by Crippen LogP contribution is 2.26. The van der Waals surface area contributed by atoms with Crippen molar-refractivity contribution in [3.8, 4) is 11.8 Å². The molecule has 142 valence electrons. The van der Waals surface area contributed by atoms with E-state index in [1.807, 2.05) is 0 Å². The highest BCUT2D eigenvalue weighted by atomic mass is 79.9. The number of carbonyl (C=O) groups is 1. The summed E-state index contributed by atoms with van der Waals surface area (Å²) < 4.78 is 2.41. The van der Waals surface area contributed by atoms with E-state index in [1.54, 1.807) is 53.2 Å². The van der Waals surface area contributed by atoms with Crippen LogP contribution in [0.5, 0.6) is 0 Å². The zero-order valence-electron chi connectivity index (χ0n) is 14.8. The molecule has 0 radical (unpaired) electrons. The first-order valence-electron chi connectivity index (χ1n) is 8.58. The summed E-state index contributed by atoms with van der Waals surface area (Å²) in [4.78, 5) is 13.0. The second-order valence-electron chi connectivity index (χ2n) is 5.98. The fraction of sp³-hybridized carbons (Fsp3) is 0.150. The summed E-state index contributed by atoms with van der Waals surface area (Å²) in [5.41, 5.74) is 7.00. The van der Waals surface area contributed by atoms with E-state index in [9.17, 15) is 10.1 Å². The van der Waals surface area contributed by atoms with Crippen LogP contribution in [0.4, 0.5) is 5.82 Å². The van der Waals surface area contributed by atoms with Gasteiger partial charge in [0.1, 0.15) is 17.5 Å². The molecule has 0 atom stereocenters. The van der Waals surface area contributed by atoms with Gasteiger partial charge in [-0.1, -0.05) is 27.5 Å². The van der Waals surface area contributed by atoms with Crippen molar-refractivity contribution in [3.63, 3.8) is 0 Å². The first-order valence-corrected chi connectivity index (χ1v) is 9.75. The molecule has 1 aromatic heterocycles. The number of aromatic nitrogens is 2. The lowest BCUT2D eigenvalue weighted by atomic mass is 10.1. The van der Waals surface area contributed by atoms with Crippen LogP contribution >= 0.6 is 27.5 Å². The number of anilines is 1. The fourth-order valence-electron chi connectivity index (χ4n) is 2.66. The lowest BCUT2D eigenvalue weighted by molar-refractivity contribution is 0.103. The molecule has 1 heterocycles. The SMILES string of the molecule is N#Cc1c(C(=O)c2ccc(Br)cc2)nn(-c2ccc(Cl)cc2)c1NCCCN. The maximum Gasteiger partial charge on any atom is 0.214 e. The molecule has 0 fully saturated rings. The molecule has 0 saturated carbocycles. The normalized spacial score (nSPS) is 10.5. The van der Waals surface area contributed by atoms with Gasteiger partial charge in [-0.2, -0.15) is 10.4 Å². The minimum atomic E-state index is -0.321. The number of halogens is 2. The summed E-state index contributed by atoms with van der Waals surface area (Å²) in [7, 11) is 0. The van der Waals surface area contributed by atoms with E-state index in [4.69, 9.17) is 17.3 Å². The minimum absolute atomic E-state index is 0.0926. The zero-order chi connectivity index (χ0) is 20.1. The quantitative estimate of drug-likeness (QED) is 0.409. The Bertz CT molecular complexity index is 1020. The van der Waals surface area contributed by atoms with Gasteiger partial charge in [-0.05, 0) is 61.5 Å². The molecule has 0 aliphatic heterocycles. The fourth-order valence-corrected chi connectivity index (χ4v) is 3.05. The van der Waals surface area contributed by atoms with E-state index in [2.05, 4.69) is 32.4 Å². The molecule has 0 unspecified atom stereocenters. The topological polar surface area (TPSA) is 96.7 Å². The zero-order valence-corrected chi connectivity index (χ0v) is 17.2. The van der Waals surface area contributed by atoms with Gasteiger partial charge in [-0.3, -0.25) is 4.79 Å². The smallest absolute Gasteiger partial charge is 0.214 e. The molecular weight excluding hydrogens is 442 g/mol. The van der Waals surface area contributed by atoms with Gasteiger partial charge in [0.2, 0.25) is 5.78 Å². The Kier molecular flexibility index (Phi) is 6.47. The maximum atomic E-state index is 13.0. The van der Waals surface area contributed by atoms with Gasteiger partial charge in [0.25, 0.3) is 0 Å². The Hall–Kier alpha value is -2.66. The van der Waals surface area contributed by atoms with Crippen molar-refractivity contribution in [1.29, 1.82) is 5.26 Å². The predicted molar refractivity (Wildman–Crippen MR) is 113 cm³/mol. The molecule has 3 aromatic rings. The maximum absolute atomic E-state index is 13.0. The molecule has 0 amide bonds. The Labute approximate surface area is 176 Å². The second-order valence-corrected chi connectivity index (χ2v) is 7.33. The molecule has 0 bridgehead atoms. The Morgan fingerprint density at radius 3 is 2.50 bits per heavy atom. The van der Waals surface area contributed by atoms with Crippen molar-refractivity contribution in [3.05, 3.63) is 74.8 Å². The van der Waals surface area contributed by atoms with E-state index >= 15 is 0 Å². The van der Waals surface area contributed by atoms with Crippen molar-refractivity contribution < 1.29 is 4.79 Å². The number of rotatable bonds is 7. The summed E-state index contributed by atoms with van der Waals surface area (Å²) in [5.74, 6) is 0.136. The second kappa shape index (κ2) is 9.02. The van der Waals surface area contributed by atoms with E-state index < -0.39 is 0 Å². The number of nitrogens with zero attached hydrogens (tertiary/aromatic N) is 3. The molecule has 2 aromatic carbocycles. The summed E-state index contributed by atoms with van der Waals surface area (Å²) in [5, 5.41) is 18.0. The minimum Gasteiger partial charge on any atom is -0.369 e. The van der Waals surface area contributed by atoms with Gasteiger partial charge in [-0.25, -0.2) is 4.68 Å². The molecule has 6 nitrogen and oxygen atoms in total. The van der Waals surface area contributed by atoms with Crippen LogP contribution in [0, 0.1) is 11.3 Å². The lowest BCUT2D eigenvalue weighted by Crippen LogP contribution is -2.12. The first kappa shape index (κ1) is 20.1. The summed E-state index contributed by atoms with van der Waals surface area (Å²) in [6, 6.07) is 16.1. The highest BCUT2D eigenvalue weighted by Gasteiger charge is 2.24. The van der Waals surface area contributed by atoms with Gasteiger partial charge in [0.15, 0.2) is 5.69 Å². The van der Waals surface area contributed by atoms with Crippen LogP contribution in [0.25, 0.3) is 5.69 Å². The standard InChI is InChI=1S/C20H17BrClN5O/c21-14-4-2-13(3-5-14)19(28)18-17(12-24)20(25-11-1-10-23)27(26-18)16-8-6-15(22)7-9-16/h2-9,25H,1,10-11,23H2. The van der Waals surface area contributed by atoms with Crippen LogP contribution in [-0.4, -0.2) is 28.7 Å². The number of carbonyl (C=O) groups excluding carboxylic acids is 1. The van der Waals surface area contributed by atoms with Gasteiger partial charge < -0.3 is 11.1 Å². The molecule has 0 saturated heterocycles. The average molecular weight is 459 g/mol. The number of ketones is 1. The van der Waals surface area contributed by atoms with Crippen molar-refractivity contribution in [2.24, 2.45) is 5.73 Å². The number of nitrogens with one attached hydrogen (secondary N) is 1. The molecule has 0 spiro atoms. The van der Waals surface area contributed by atoms with Gasteiger partial charge in [0.05, 0.1) is 5.69 Å². The molecule has 3 rings (SSSR count). The third-order valence-corrected chi connectivity index (χ3v) is 4.84. The lowest BCUT2D eigenvalue weighted by Gasteiger charge is -2.10. The summed E-state index contributed by atoms with van der Waals surface area (Å²) in [6.07, 6.45) is 0.715. The number of nitriles is 1. The number of nitrogens with two attached hydrogens (primary N) is 1. The Balaban J connectivity index is 2.10. The van der Waals surface area contributed by atoms with Crippen LogP contribution in [0.1, 0.15) is 28.0 Å². The summed E-state index contributed by atoms with van der Waals surface area (Å²) >= 11 is 9.33. The third-order valence-electron chi connectivity index (χ3n) is 4.06. The van der Waals surface area contributed by atoms with Crippen LogP contribution in [-0.2, 0) is 0 Å². The van der Waals surface area contributed by atoms with E-state index in [1.165, 1.54) is 0 Å². The Morgan fingerprint density at radius 1 is 1.21 bits per heavy atom. The number of hydrogen-bond donors (Lipinski definition) is 2. The largest absolute Gasteiger partial charge is 0.369 e. The van der Waals surface area contributed by atoms with Crippen molar-refractivity contribution in [2.75, 3.05) is 18.4 Å². The van der Waals surface area contributed by atoms with Crippen LogP contribution in [0.3, 0.4) is 0 Å². The van der Waals surface area contributed by atoms with Gasteiger partial charge in [0, 0.05) is 21.6 Å². The molecule has 28 heavy (non-hydrogen) atoms. The molecule has 3 N–H and O–H groups in total. The van der Waals surface area contributed by atoms with Crippen LogP contribution in [0.2, 0.25) is 5.02 Å². The van der Waals surface area contributed by atoms with Crippen molar-refractivity contribution in [1.82, 2.24) is 9.78 Å². The Morgan fingerprint density at radius 2 is 1.89 bits per heavy atom.